The third kappa shape index (κ3) is 42.4. The molecule has 0 aliphatic heterocycles. The van der Waals surface area contributed by atoms with Crippen LogP contribution in [0.3, 0.4) is 0 Å². The highest BCUT2D eigenvalue weighted by Crippen LogP contribution is 2.36. The fourth-order valence-electron chi connectivity index (χ4n) is 5.59. The zero-order valence-corrected chi connectivity index (χ0v) is 34.5. The van der Waals surface area contributed by atoms with E-state index in [1.165, 1.54) is 89.9 Å². The quantitative estimate of drug-likeness (QED) is 0.0276. The Labute approximate surface area is 324 Å². The molecule has 2 N–H and O–H groups in total. The van der Waals surface area contributed by atoms with Crippen LogP contribution in [0.5, 0.6) is 0 Å². The molecule has 9 heteroatoms. The smallest absolute Gasteiger partial charge is 0.462 e. The number of hydrogen-bond donors (Lipinski definition) is 2. The van der Waals surface area contributed by atoms with Gasteiger partial charge in [-0.15, -0.1) is 0 Å². The summed E-state index contributed by atoms with van der Waals surface area (Å²) in [7, 11) is -4.77. The summed E-state index contributed by atoms with van der Waals surface area (Å²) >= 11 is 0. The average molecular weight is 765 g/mol. The van der Waals surface area contributed by atoms with Crippen molar-refractivity contribution in [3.05, 3.63) is 60.8 Å². The first-order valence-corrected chi connectivity index (χ1v) is 22.6. The minimum Gasteiger partial charge on any atom is -0.462 e. The predicted molar refractivity (Wildman–Crippen MR) is 221 cm³/mol. The molecule has 0 spiro atoms. The Morgan fingerprint density at radius 2 is 0.868 bits per heavy atom. The lowest BCUT2D eigenvalue weighted by atomic mass is 10.1. The van der Waals surface area contributed by atoms with Crippen LogP contribution in [-0.4, -0.2) is 41.0 Å². The van der Waals surface area contributed by atoms with Crippen LogP contribution in [0.1, 0.15) is 187 Å². The van der Waals surface area contributed by atoms with Crippen molar-refractivity contribution in [3.8, 4) is 0 Å². The van der Waals surface area contributed by atoms with Gasteiger partial charge in [-0.1, -0.05) is 158 Å². The molecule has 0 saturated carbocycles. The van der Waals surface area contributed by atoms with E-state index in [1.54, 1.807) is 0 Å². The number of rotatable bonds is 38. The van der Waals surface area contributed by atoms with Gasteiger partial charge in [0.05, 0.1) is 6.61 Å². The molecule has 0 aromatic carbocycles. The standard InChI is InChI=1S/C44H77O8P/c1-3-5-7-9-11-13-15-17-19-20-21-22-23-24-25-27-29-31-33-35-37-39-44(46)52-42(41-51-53(47,48)49)40-50-43(45)38-36-34-32-30-28-26-18-16-14-12-10-8-6-4-2/h16,18-20,22-23,25,27,31,33,42H,3-15,17,21,24,26,28-30,32,34-41H2,1-2H3,(H2,47,48,49)/b18-16+,20-19+,23-22+,27-25+,33-31+/t42-/m1/s1. The molecule has 8 nitrogen and oxygen atoms in total. The van der Waals surface area contributed by atoms with Crippen LogP contribution >= 0.6 is 7.82 Å². The van der Waals surface area contributed by atoms with Crippen LogP contribution in [-0.2, 0) is 28.2 Å². The number of carbonyl (C=O) groups excluding carboxylic acids is 2. The van der Waals surface area contributed by atoms with E-state index in [0.717, 1.165) is 51.4 Å². The van der Waals surface area contributed by atoms with Crippen molar-refractivity contribution in [2.24, 2.45) is 0 Å². The molecule has 0 aliphatic carbocycles. The predicted octanol–water partition coefficient (Wildman–Crippen LogP) is 12.9. The topological polar surface area (TPSA) is 119 Å². The van der Waals surface area contributed by atoms with Gasteiger partial charge in [0.2, 0.25) is 0 Å². The minimum absolute atomic E-state index is 0.133. The molecule has 0 fully saturated rings. The zero-order chi connectivity index (χ0) is 38.9. The number of carbonyl (C=O) groups is 2. The first kappa shape index (κ1) is 50.8. The third-order valence-electron chi connectivity index (χ3n) is 8.76. The summed E-state index contributed by atoms with van der Waals surface area (Å²) in [4.78, 5) is 42.8. The van der Waals surface area contributed by atoms with Gasteiger partial charge in [0.25, 0.3) is 0 Å². The van der Waals surface area contributed by atoms with E-state index >= 15 is 0 Å². The fraction of sp³-hybridized carbons (Fsp3) is 0.727. The molecule has 0 unspecified atom stereocenters. The van der Waals surface area contributed by atoms with E-state index in [9.17, 15) is 14.2 Å². The highest BCUT2D eigenvalue weighted by Gasteiger charge is 2.22. The largest absolute Gasteiger partial charge is 0.469 e. The van der Waals surface area contributed by atoms with Gasteiger partial charge < -0.3 is 19.3 Å². The summed E-state index contributed by atoms with van der Waals surface area (Å²) in [6.45, 7) is 3.62. The normalized spacial score (nSPS) is 13.1. The molecule has 0 aromatic heterocycles. The number of phosphoric ester groups is 1. The highest BCUT2D eigenvalue weighted by molar-refractivity contribution is 7.46. The first-order chi connectivity index (χ1) is 25.8. The van der Waals surface area contributed by atoms with Gasteiger partial charge >= 0.3 is 19.8 Å². The lowest BCUT2D eigenvalue weighted by Gasteiger charge is -2.18. The first-order valence-electron chi connectivity index (χ1n) is 21.1. The van der Waals surface area contributed by atoms with Crippen molar-refractivity contribution in [3.63, 3.8) is 0 Å². The van der Waals surface area contributed by atoms with E-state index < -0.39 is 32.5 Å². The SMILES string of the molecule is CCCCCCC/C=C/CCCCCCCC(=O)OC[C@H](COP(=O)(O)O)OC(=O)CCC/C=C/C/C=C/C/C=C/C/C=C/CCCCCCCCC. The summed E-state index contributed by atoms with van der Waals surface area (Å²) in [5.41, 5.74) is 0. The molecule has 0 rings (SSSR count). The molecular weight excluding hydrogens is 687 g/mol. The lowest BCUT2D eigenvalue weighted by Crippen LogP contribution is -2.29. The second-order valence-corrected chi connectivity index (χ2v) is 15.2. The number of hydrogen-bond acceptors (Lipinski definition) is 6. The third-order valence-corrected chi connectivity index (χ3v) is 9.24. The van der Waals surface area contributed by atoms with Gasteiger partial charge in [-0.05, 0) is 77.0 Å². The molecule has 0 bridgehead atoms. The van der Waals surface area contributed by atoms with Crippen molar-refractivity contribution < 1.29 is 37.9 Å². The molecular formula is C44H77O8P. The summed E-state index contributed by atoms with van der Waals surface area (Å²) in [6.07, 6.45) is 49.5. The Morgan fingerprint density at radius 3 is 1.34 bits per heavy atom. The van der Waals surface area contributed by atoms with Gasteiger partial charge in [-0.3, -0.25) is 14.1 Å². The number of esters is 2. The Kier molecular flexibility index (Phi) is 37.8. The Morgan fingerprint density at radius 1 is 0.491 bits per heavy atom. The van der Waals surface area contributed by atoms with Crippen LogP contribution in [0.15, 0.2) is 60.8 Å². The maximum atomic E-state index is 12.4. The van der Waals surface area contributed by atoms with Gasteiger partial charge in [0.15, 0.2) is 6.10 Å². The monoisotopic (exact) mass is 765 g/mol. The average Bonchev–Trinajstić information content (AvgIpc) is 3.13. The second-order valence-electron chi connectivity index (χ2n) is 14.0. The van der Waals surface area contributed by atoms with Crippen molar-refractivity contribution in [2.75, 3.05) is 13.2 Å². The molecule has 0 aliphatic rings. The molecule has 0 radical (unpaired) electrons. The van der Waals surface area contributed by atoms with Crippen LogP contribution in [0.4, 0.5) is 0 Å². The second kappa shape index (κ2) is 39.4. The van der Waals surface area contributed by atoms with Crippen molar-refractivity contribution in [1.29, 1.82) is 0 Å². The fourth-order valence-corrected chi connectivity index (χ4v) is 5.96. The number of phosphoric acid groups is 1. The zero-order valence-electron chi connectivity index (χ0n) is 33.6. The van der Waals surface area contributed by atoms with E-state index in [2.05, 4.69) is 73.1 Å². The van der Waals surface area contributed by atoms with Gasteiger partial charge in [0.1, 0.15) is 6.61 Å². The van der Waals surface area contributed by atoms with Crippen LogP contribution in [0, 0.1) is 0 Å². The Hall–Kier alpha value is -2.25. The summed E-state index contributed by atoms with van der Waals surface area (Å²) in [5.74, 6) is -0.962. The molecule has 306 valence electrons. The lowest BCUT2D eigenvalue weighted by molar-refractivity contribution is -0.161. The number of ether oxygens (including phenoxy) is 2. The van der Waals surface area contributed by atoms with Crippen LogP contribution in [0.2, 0.25) is 0 Å². The van der Waals surface area contributed by atoms with E-state index in [-0.39, 0.29) is 19.4 Å². The maximum Gasteiger partial charge on any atom is 0.469 e. The van der Waals surface area contributed by atoms with E-state index in [1.807, 2.05) is 6.08 Å². The van der Waals surface area contributed by atoms with E-state index in [4.69, 9.17) is 19.3 Å². The Bertz CT molecular complexity index is 1040. The molecule has 0 saturated heterocycles. The molecule has 53 heavy (non-hydrogen) atoms. The van der Waals surface area contributed by atoms with Crippen LogP contribution < -0.4 is 0 Å². The molecule has 0 amide bonds. The van der Waals surface area contributed by atoms with Gasteiger partial charge in [-0.2, -0.15) is 0 Å². The Balaban J connectivity index is 4.05. The van der Waals surface area contributed by atoms with Crippen molar-refractivity contribution >= 4 is 19.8 Å². The van der Waals surface area contributed by atoms with E-state index in [0.29, 0.717) is 19.3 Å². The van der Waals surface area contributed by atoms with Gasteiger partial charge in [0, 0.05) is 12.8 Å². The minimum atomic E-state index is -4.77. The number of allylic oxidation sites excluding steroid dienone is 10. The summed E-state index contributed by atoms with van der Waals surface area (Å²) in [5, 5.41) is 0. The van der Waals surface area contributed by atoms with Crippen molar-refractivity contribution in [2.45, 2.75) is 193 Å². The summed E-state index contributed by atoms with van der Waals surface area (Å²) in [6, 6.07) is 0. The molecule has 0 aromatic rings. The van der Waals surface area contributed by atoms with Gasteiger partial charge in [-0.25, -0.2) is 4.57 Å². The molecule has 0 heterocycles. The van der Waals surface area contributed by atoms with Crippen molar-refractivity contribution in [1.82, 2.24) is 0 Å². The maximum absolute atomic E-state index is 12.4. The van der Waals surface area contributed by atoms with Crippen LogP contribution in [0.25, 0.3) is 0 Å². The summed E-state index contributed by atoms with van der Waals surface area (Å²) < 4.78 is 26.3. The molecule has 1 atom stereocenters. The number of unbranched alkanes of at least 4 members (excludes halogenated alkanes) is 18. The highest BCUT2D eigenvalue weighted by atomic mass is 31.2.